The molecule has 1 aliphatic carbocycles. The molecule has 0 aromatic rings. The van der Waals surface area contributed by atoms with Crippen LogP contribution in [-0.4, -0.2) is 22.2 Å². The molecule has 70 valence electrons. The molecule has 0 aliphatic heterocycles. The fourth-order valence-electron chi connectivity index (χ4n) is 0.981. The predicted octanol–water partition coefficient (Wildman–Crippen LogP) is 1.07. The van der Waals surface area contributed by atoms with Crippen molar-refractivity contribution in [1.29, 1.82) is 0 Å². The molecule has 1 rings (SSSR count). The summed E-state index contributed by atoms with van der Waals surface area (Å²) in [5.74, 6) is 0. The van der Waals surface area contributed by atoms with Crippen molar-refractivity contribution in [3.8, 4) is 0 Å². The molecule has 0 aromatic heterocycles. The molecule has 0 saturated carbocycles. The van der Waals surface area contributed by atoms with Crippen molar-refractivity contribution < 1.29 is 10.0 Å². The molecule has 1 atom stereocenters. The molecule has 0 spiro atoms. The van der Waals surface area contributed by atoms with Crippen LogP contribution < -0.4 is 0 Å². The van der Waals surface area contributed by atoms with Crippen molar-refractivity contribution in [1.82, 2.24) is 0 Å². The zero-order valence-electron chi connectivity index (χ0n) is 7.30. The van der Waals surface area contributed by atoms with Crippen molar-refractivity contribution in [2.45, 2.75) is 12.5 Å². The number of nitrogens with zero attached hydrogens (tertiary/aromatic N) is 1. The lowest BCUT2D eigenvalue weighted by atomic mass is 10.0. The van der Waals surface area contributed by atoms with E-state index in [0.717, 1.165) is 0 Å². The Morgan fingerprint density at radius 2 is 2.31 bits per heavy atom. The minimum atomic E-state index is -1.16. The standard InChI is InChI=1S/C9H11NO3/c1-9(10(12)13)5-2-3-8(7-11)4-6-9/h2-6,11H,7H2,1H3/t9-/m1/s1. The van der Waals surface area contributed by atoms with Gasteiger partial charge in [0.15, 0.2) is 0 Å². The quantitative estimate of drug-likeness (QED) is 0.512. The third-order valence-electron chi connectivity index (χ3n) is 1.95. The lowest BCUT2D eigenvalue weighted by Crippen LogP contribution is -2.29. The summed E-state index contributed by atoms with van der Waals surface area (Å²) in [6, 6.07) is 0. The van der Waals surface area contributed by atoms with Gasteiger partial charge in [0, 0.05) is 11.8 Å². The number of hydrogen-bond acceptors (Lipinski definition) is 3. The maximum atomic E-state index is 10.6. The number of allylic oxidation sites excluding steroid dienone is 2. The Morgan fingerprint density at radius 1 is 1.62 bits per heavy atom. The van der Waals surface area contributed by atoms with Crippen LogP contribution >= 0.6 is 0 Å². The van der Waals surface area contributed by atoms with E-state index in [1.807, 2.05) is 0 Å². The first-order chi connectivity index (χ1) is 6.08. The Balaban J connectivity index is 2.95. The molecule has 0 fully saturated rings. The van der Waals surface area contributed by atoms with E-state index < -0.39 is 5.54 Å². The minimum Gasteiger partial charge on any atom is -0.392 e. The maximum absolute atomic E-state index is 10.6. The van der Waals surface area contributed by atoms with Gasteiger partial charge < -0.3 is 5.11 Å². The summed E-state index contributed by atoms with van der Waals surface area (Å²) >= 11 is 0. The highest BCUT2D eigenvalue weighted by Gasteiger charge is 2.30. The maximum Gasteiger partial charge on any atom is 0.256 e. The number of aliphatic hydroxyl groups excluding tert-OH is 1. The zero-order chi connectivity index (χ0) is 9.90. The highest BCUT2D eigenvalue weighted by molar-refractivity contribution is 5.32. The fraction of sp³-hybridized carbons (Fsp3) is 0.333. The molecule has 0 aromatic carbocycles. The fourth-order valence-corrected chi connectivity index (χ4v) is 0.981. The van der Waals surface area contributed by atoms with Gasteiger partial charge in [0.2, 0.25) is 0 Å². The van der Waals surface area contributed by atoms with Crippen molar-refractivity contribution in [3.05, 3.63) is 46.1 Å². The summed E-state index contributed by atoms with van der Waals surface area (Å²) in [6.07, 6.45) is 7.78. The molecule has 4 heteroatoms. The second-order valence-corrected chi connectivity index (χ2v) is 3.08. The van der Waals surface area contributed by atoms with E-state index in [1.54, 1.807) is 18.2 Å². The summed E-state index contributed by atoms with van der Waals surface area (Å²) in [5.41, 5.74) is -0.491. The van der Waals surface area contributed by atoms with Crippen LogP contribution in [0.15, 0.2) is 36.0 Å². The zero-order valence-corrected chi connectivity index (χ0v) is 7.30. The molecule has 13 heavy (non-hydrogen) atoms. The van der Waals surface area contributed by atoms with E-state index in [-0.39, 0.29) is 11.5 Å². The van der Waals surface area contributed by atoms with E-state index in [0.29, 0.717) is 5.57 Å². The molecule has 1 N–H and O–H groups in total. The average molecular weight is 181 g/mol. The highest BCUT2D eigenvalue weighted by atomic mass is 16.6. The second-order valence-electron chi connectivity index (χ2n) is 3.08. The van der Waals surface area contributed by atoms with Gasteiger partial charge in [-0.05, 0) is 17.7 Å². The largest absolute Gasteiger partial charge is 0.392 e. The first-order valence-corrected chi connectivity index (χ1v) is 3.91. The van der Waals surface area contributed by atoms with E-state index in [1.165, 1.54) is 19.1 Å². The van der Waals surface area contributed by atoms with Gasteiger partial charge >= 0.3 is 0 Å². The molecular weight excluding hydrogens is 170 g/mol. The molecular formula is C9H11NO3. The Hall–Kier alpha value is -1.42. The van der Waals surface area contributed by atoms with Crippen molar-refractivity contribution >= 4 is 0 Å². The monoisotopic (exact) mass is 181 g/mol. The molecule has 0 heterocycles. The number of nitro groups is 1. The predicted molar refractivity (Wildman–Crippen MR) is 48.8 cm³/mol. The van der Waals surface area contributed by atoms with Gasteiger partial charge in [-0.15, -0.1) is 0 Å². The van der Waals surface area contributed by atoms with Gasteiger partial charge in [-0.25, -0.2) is 0 Å². The van der Waals surface area contributed by atoms with Gasteiger partial charge in [-0.2, -0.15) is 0 Å². The van der Waals surface area contributed by atoms with Crippen LogP contribution in [0, 0.1) is 10.1 Å². The Morgan fingerprint density at radius 3 is 2.85 bits per heavy atom. The first-order valence-electron chi connectivity index (χ1n) is 3.91. The van der Waals surface area contributed by atoms with Crippen molar-refractivity contribution in [2.75, 3.05) is 6.61 Å². The lowest BCUT2D eigenvalue weighted by molar-refractivity contribution is -0.535. The SMILES string of the molecule is C[C@@]1([N+](=O)[O-])C=CC=C(CO)C=C1. The second kappa shape index (κ2) is 3.53. The van der Waals surface area contributed by atoms with Gasteiger partial charge in [-0.3, -0.25) is 10.1 Å². The van der Waals surface area contributed by atoms with Crippen LogP contribution in [0.5, 0.6) is 0 Å². The van der Waals surface area contributed by atoms with Crippen molar-refractivity contribution in [3.63, 3.8) is 0 Å². The van der Waals surface area contributed by atoms with Gasteiger partial charge in [0.05, 0.1) is 6.61 Å². The van der Waals surface area contributed by atoms with E-state index in [4.69, 9.17) is 5.11 Å². The normalized spacial score (nSPS) is 26.8. The first kappa shape index (κ1) is 9.67. The Labute approximate surface area is 76.0 Å². The van der Waals surface area contributed by atoms with E-state index in [9.17, 15) is 10.1 Å². The Kier molecular flexibility index (Phi) is 2.63. The summed E-state index contributed by atoms with van der Waals surface area (Å²) in [6.45, 7) is 1.41. The third kappa shape index (κ3) is 2.03. The van der Waals surface area contributed by atoms with Crippen molar-refractivity contribution in [2.24, 2.45) is 0 Å². The smallest absolute Gasteiger partial charge is 0.256 e. The van der Waals surface area contributed by atoms with Gasteiger partial charge in [0.1, 0.15) is 0 Å². The van der Waals surface area contributed by atoms with Crippen LogP contribution in [0.3, 0.4) is 0 Å². The number of hydrogen-bond donors (Lipinski definition) is 1. The molecule has 0 bridgehead atoms. The summed E-state index contributed by atoms with van der Waals surface area (Å²) in [4.78, 5) is 10.3. The van der Waals surface area contributed by atoms with Crippen LogP contribution in [0.4, 0.5) is 0 Å². The molecule has 0 unspecified atom stereocenters. The average Bonchev–Trinajstić information content (AvgIpc) is 2.28. The van der Waals surface area contributed by atoms with E-state index in [2.05, 4.69) is 0 Å². The lowest BCUT2D eigenvalue weighted by Gasteiger charge is -2.10. The molecule has 0 amide bonds. The number of aliphatic hydroxyl groups is 1. The molecule has 1 aliphatic rings. The minimum absolute atomic E-state index is 0.103. The van der Waals surface area contributed by atoms with Gasteiger partial charge in [-0.1, -0.05) is 18.2 Å². The van der Waals surface area contributed by atoms with Gasteiger partial charge in [0.25, 0.3) is 5.54 Å². The molecule has 0 saturated heterocycles. The Bertz CT molecular complexity index is 304. The third-order valence-corrected chi connectivity index (χ3v) is 1.95. The molecule has 0 radical (unpaired) electrons. The summed E-state index contributed by atoms with van der Waals surface area (Å²) in [5, 5.41) is 19.4. The molecule has 4 nitrogen and oxygen atoms in total. The van der Waals surface area contributed by atoms with Crippen LogP contribution in [0.2, 0.25) is 0 Å². The highest BCUT2D eigenvalue weighted by Crippen LogP contribution is 2.17. The van der Waals surface area contributed by atoms with Crippen LogP contribution in [-0.2, 0) is 0 Å². The topological polar surface area (TPSA) is 63.4 Å². The van der Waals surface area contributed by atoms with E-state index >= 15 is 0 Å². The number of rotatable bonds is 2. The van der Waals surface area contributed by atoms with Crippen LogP contribution in [0.1, 0.15) is 6.92 Å². The summed E-state index contributed by atoms with van der Waals surface area (Å²) in [7, 11) is 0. The van der Waals surface area contributed by atoms with Crippen LogP contribution in [0.25, 0.3) is 0 Å². The summed E-state index contributed by atoms with van der Waals surface area (Å²) < 4.78 is 0.